The number of amides is 1. The Morgan fingerprint density at radius 2 is 2.33 bits per heavy atom. The molecule has 0 aromatic rings. The standard InChI is InChI=1S/C11H22N2OS/c1-2-10-9-13(7-8-15-10)11(14)5-3-4-6-12/h10H,2-9,12H2,1H3. The third-order valence-electron chi connectivity index (χ3n) is 2.79. The van der Waals surface area contributed by atoms with Gasteiger partial charge in [0.25, 0.3) is 0 Å². The van der Waals surface area contributed by atoms with Gasteiger partial charge in [-0.15, -0.1) is 0 Å². The van der Waals surface area contributed by atoms with Crippen LogP contribution in [0.5, 0.6) is 0 Å². The van der Waals surface area contributed by atoms with E-state index < -0.39 is 0 Å². The molecule has 1 rings (SSSR count). The highest BCUT2D eigenvalue weighted by Crippen LogP contribution is 2.21. The number of hydrogen-bond acceptors (Lipinski definition) is 3. The lowest BCUT2D eigenvalue weighted by Crippen LogP contribution is -2.41. The molecule has 1 aliphatic rings. The molecule has 0 aliphatic carbocycles. The largest absolute Gasteiger partial charge is 0.341 e. The van der Waals surface area contributed by atoms with Crippen molar-refractivity contribution in [1.82, 2.24) is 4.90 Å². The summed E-state index contributed by atoms with van der Waals surface area (Å²) in [6.45, 7) is 4.77. The molecule has 1 unspecified atom stereocenters. The maximum Gasteiger partial charge on any atom is 0.222 e. The summed E-state index contributed by atoms with van der Waals surface area (Å²) >= 11 is 2.00. The molecule has 1 heterocycles. The number of thioether (sulfide) groups is 1. The van der Waals surface area contributed by atoms with Crippen LogP contribution in [0.3, 0.4) is 0 Å². The highest BCUT2D eigenvalue weighted by molar-refractivity contribution is 8.00. The zero-order chi connectivity index (χ0) is 11.1. The van der Waals surface area contributed by atoms with Crippen molar-refractivity contribution in [2.24, 2.45) is 5.73 Å². The monoisotopic (exact) mass is 230 g/mol. The molecule has 4 heteroatoms. The van der Waals surface area contributed by atoms with E-state index >= 15 is 0 Å². The van der Waals surface area contributed by atoms with Gasteiger partial charge in [-0.2, -0.15) is 11.8 Å². The van der Waals surface area contributed by atoms with Gasteiger partial charge in [0.05, 0.1) is 0 Å². The van der Waals surface area contributed by atoms with Gasteiger partial charge in [-0.1, -0.05) is 6.92 Å². The lowest BCUT2D eigenvalue weighted by Gasteiger charge is -2.32. The van der Waals surface area contributed by atoms with E-state index in [-0.39, 0.29) is 0 Å². The Kier molecular flexibility index (Phi) is 6.10. The fourth-order valence-electron chi connectivity index (χ4n) is 1.77. The highest BCUT2D eigenvalue weighted by atomic mass is 32.2. The minimum absolute atomic E-state index is 0.321. The van der Waals surface area contributed by atoms with Crippen molar-refractivity contribution in [2.45, 2.75) is 37.9 Å². The Morgan fingerprint density at radius 1 is 1.53 bits per heavy atom. The van der Waals surface area contributed by atoms with Gasteiger partial charge in [0.1, 0.15) is 0 Å². The first-order valence-electron chi connectivity index (χ1n) is 5.87. The van der Waals surface area contributed by atoms with E-state index in [0.717, 1.165) is 38.1 Å². The smallest absolute Gasteiger partial charge is 0.222 e. The van der Waals surface area contributed by atoms with Crippen LogP contribution in [0, 0.1) is 0 Å². The summed E-state index contributed by atoms with van der Waals surface area (Å²) in [7, 11) is 0. The lowest BCUT2D eigenvalue weighted by atomic mass is 10.2. The summed E-state index contributed by atoms with van der Waals surface area (Å²) in [5.74, 6) is 1.42. The van der Waals surface area contributed by atoms with Crippen molar-refractivity contribution >= 4 is 17.7 Å². The zero-order valence-electron chi connectivity index (χ0n) is 9.58. The third kappa shape index (κ3) is 4.43. The quantitative estimate of drug-likeness (QED) is 0.728. The van der Waals surface area contributed by atoms with E-state index in [0.29, 0.717) is 24.1 Å². The second-order valence-corrected chi connectivity index (χ2v) is 5.39. The molecule has 1 fully saturated rings. The molecule has 15 heavy (non-hydrogen) atoms. The SMILES string of the molecule is CCC1CN(C(=O)CCCCN)CCS1. The van der Waals surface area contributed by atoms with E-state index in [4.69, 9.17) is 5.73 Å². The fourth-order valence-corrected chi connectivity index (χ4v) is 2.95. The molecule has 88 valence electrons. The van der Waals surface area contributed by atoms with Crippen molar-refractivity contribution in [1.29, 1.82) is 0 Å². The van der Waals surface area contributed by atoms with Crippen LogP contribution in [0.1, 0.15) is 32.6 Å². The van der Waals surface area contributed by atoms with Crippen LogP contribution in [0.4, 0.5) is 0 Å². The Labute approximate surface area is 96.8 Å². The van der Waals surface area contributed by atoms with Crippen molar-refractivity contribution in [3.63, 3.8) is 0 Å². The van der Waals surface area contributed by atoms with Crippen LogP contribution in [-0.4, -0.2) is 41.4 Å². The number of carbonyl (C=O) groups excluding carboxylic acids is 1. The normalized spacial score (nSPS) is 21.7. The first kappa shape index (κ1) is 12.8. The van der Waals surface area contributed by atoms with Gasteiger partial charge in [0.15, 0.2) is 0 Å². The van der Waals surface area contributed by atoms with Crippen molar-refractivity contribution in [3.8, 4) is 0 Å². The molecule has 0 aromatic carbocycles. The van der Waals surface area contributed by atoms with E-state index in [1.165, 1.54) is 0 Å². The minimum atomic E-state index is 0.321. The van der Waals surface area contributed by atoms with Gasteiger partial charge in [-0.05, 0) is 25.8 Å². The van der Waals surface area contributed by atoms with E-state index in [2.05, 4.69) is 6.92 Å². The molecule has 0 saturated carbocycles. The number of unbranched alkanes of at least 4 members (excludes halogenated alkanes) is 1. The van der Waals surface area contributed by atoms with Gasteiger partial charge >= 0.3 is 0 Å². The number of hydrogen-bond donors (Lipinski definition) is 1. The number of nitrogens with zero attached hydrogens (tertiary/aromatic N) is 1. The van der Waals surface area contributed by atoms with Crippen LogP contribution in [-0.2, 0) is 4.79 Å². The molecule has 1 aliphatic heterocycles. The zero-order valence-corrected chi connectivity index (χ0v) is 10.4. The van der Waals surface area contributed by atoms with Gasteiger partial charge < -0.3 is 10.6 Å². The summed E-state index contributed by atoms with van der Waals surface area (Å²) in [5, 5.41) is 0.650. The molecule has 0 bridgehead atoms. The predicted molar refractivity (Wildman–Crippen MR) is 66.0 cm³/mol. The van der Waals surface area contributed by atoms with Crippen LogP contribution >= 0.6 is 11.8 Å². The average molecular weight is 230 g/mol. The second kappa shape index (κ2) is 7.12. The summed E-state index contributed by atoms with van der Waals surface area (Å²) < 4.78 is 0. The summed E-state index contributed by atoms with van der Waals surface area (Å²) in [5.41, 5.74) is 5.41. The Morgan fingerprint density at radius 3 is 3.00 bits per heavy atom. The molecule has 3 nitrogen and oxygen atoms in total. The summed E-state index contributed by atoms with van der Waals surface area (Å²) in [6.07, 6.45) is 3.75. The topological polar surface area (TPSA) is 46.3 Å². The molecular weight excluding hydrogens is 208 g/mol. The summed E-state index contributed by atoms with van der Waals surface area (Å²) in [4.78, 5) is 13.8. The van der Waals surface area contributed by atoms with Gasteiger partial charge in [0.2, 0.25) is 5.91 Å². The molecule has 0 spiro atoms. The van der Waals surface area contributed by atoms with Crippen molar-refractivity contribution in [3.05, 3.63) is 0 Å². The van der Waals surface area contributed by atoms with Gasteiger partial charge in [-0.25, -0.2) is 0 Å². The Hall–Kier alpha value is -0.220. The van der Waals surface area contributed by atoms with E-state index in [1.807, 2.05) is 16.7 Å². The maximum absolute atomic E-state index is 11.8. The number of carbonyl (C=O) groups is 1. The summed E-state index contributed by atoms with van der Waals surface area (Å²) in [6, 6.07) is 0. The average Bonchev–Trinajstić information content (AvgIpc) is 2.29. The Balaban J connectivity index is 2.25. The van der Waals surface area contributed by atoms with E-state index in [9.17, 15) is 4.79 Å². The maximum atomic E-state index is 11.8. The minimum Gasteiger partial charge on any atom is -0.341 e. The highest BCUT2D eigenvalue weighted by Gasteiger charge is 2.22. The number of nitrogens with two attached hydrogens (primary N) is 1. The third-order valence-corrected chi connectivity index (χ3v) is 4.16. The molecule has 1 amide bonds. The van der Waals surface area contributed by atoms with Crippen LogP contribution in [0.2, 0.25) is 0 Å². The molecule has 2 N–H and O–H groups in total. The first-order valence-corrected chi connectivity index (χ1v) is 6.92. The molecule has 1 saturated heterocycles. The van der Waals surface area contributed by atoms with Gasteiger partial charge in [-0.3, -0.25) is 4.79 Å². The van der Waals surface area contributed by atoms with Crippen molar-refractivity contribution in [2.75, 3.05) is 25.4 Å². The molecule has 0 radical (unpaired) electrons. The lowest BCUT2D eigenvalue weighted by molar-refractivity contribution is -0.131. The second-order valence-electron chi connectivity index (χ2n) is 3.99. The molecule has 0 aromatic heterocycles. The Bertz CT molecular complexity index is 199. The first-order chi connectivity index (χ1) is 7.27. The van der Waals surface area contributed by atoms with Crippen LogP contribution < -0.4 is 5.73 Å². The van der Waals surface area contributed by atoms with Crippen LogP contribution in [0.15, 0.2) is 0 Å². The molecule has 1 atom stereocenters. The fraction of sp³-hybridized carbons (Fsp3) is 0.909. The van der Waals surface area contributed by atoms with E-state index in [1.54, 1.807) is 0 Å². The van der Waals surface area contributed by atoms with Crippen LogP contribution in [0.25, 0.3) is 0 Å². The predicted octanol–water partition coefficient (Wildman–Crippen LogP) is 1.47. The van der Waals surface area contributed by atoms with Crippen molar-refractivity contribution < 1.29 is 4.79 Å². The van der Waals surface area contributed by atoms with Gasteiger partial charge in [0, 0.05) is 30.5 Å². The number of rotatable bonds is 5. The molecular formula is C11H22N2OS.